The molecule has 1 fully saturated rings. The van der Waals surface area contributed by atoms with Crippen LogP contribution < -0.4 is 16.0 Å². The zero-order valence-electron chi connectivity index (χ0n) is 20.4. The molecule has 1 aliphatic heterocycles. The third-order valence-electron chi connectivity index (χ3n) is 6.77. The number of hydrogen-bond acceptors (Lipinski definition) is 8. The van der Waals surface area contributed by atoms with E-state index in [1.807, 2.05) is 30.3 Å². The van der Waals surface area contributed by atoms with Crippen LogP contribution in [0.2, 0.25) is 0 Å². The Labute approximate surface area is 214 Å². The van der Waals surface area contributed by atoms with E-state index in [0.29, 0.717) is 33.8 Å². The third kappa shape index (κ3) is 4.41. The van der Waals surface area contributed by atoms with Crippen LogP contribution in [0.3, 0.4) is 0 Å². The van der Waals surface area contributed by atoms with Crippen molar-refractivity contribution in [2.24, 2.45) is 5.73 Å². The van der Waals surface area contributed by atoms with E-state index in [4.69, 9.17) is 15.7 Å². The number of amides is 1. The van der Waals surface area contributed by atoms with Gasteiger partial charge >= 0.3 is 0 Å². The molecule has 1 aliphatic rings. The molecule has 0 radical (unpaired) electrons. The van der Waals surface area contributed by atoms with Crippen molar-refractivity contribution >= 4 is 45.0 Å². The second-order valence-corrected chi connectivity index (χ2v) is 9.18. The minimum absolute atomic E-state index is 0.409. The van der Waals surface area contributed by atoms with Crippen molar-refractivity contribution in [3.8, 4) is 11.3 Å². The minimum Gasteiger partial charge on any atom is -0.369 e. The summed E-state index contributed by atoms with van der Waals surface area (Å²) in [7, 11) is 2.16. The number of primary amides is 1. The molecule has 1 amide bonds. The first-order valence-electron chi connectivity index (χ1n) is 12.2. The van der Waals surface area contributed by atoms with E-state index < -0.39 is 5.91 Å². The average Bonchev–Trinajstić information content (AvgIpc) is 2.93. The molecule has 3 N–H and O–H groups in total. The molecule has 184 valence electrons. The molecular weight excluding hydrogens is 464 g/mol. The van der Waals surface area contributed by atoms with Gasteiger partial charge in [0.25, 0.3) is 0 Å². The summed E-state index contributed by atoms with van der Waals surface area (Å²) in [5, 5.41) is 4.96. The SMILES string of the molecule is CN1CCN(c2ccc(Nc3ncc4nc(-c5ccccc5C(N)=O)c5ccncc5c4n3)cc2)CC1. The van der Waals surface area contributed by atoms with E-state index >= 15 is 0 Å². The van der Waals surface area contributed by atoms with Crippen molar-refractivity contribution in [1.82, 2.24) is 24.8 Å². The number of piperazine rings is 1. The standard InChI is InChI=1S/C28H26N8O/c1-35-12-14-36(15-13-35)19-8-6-18(7-9-19)32-28-31-17-24-26(34-28)23-16-30-11-10-21(23)25(33-24)20-4-2-3-5-22(20)27(29)37/h2-11,16-17H,12-15H2,1H3,(H2,29,37)(H,31,32,34). The number of hydrogen-bond donors (Lipinski definition) is 2. The Morgan fingerprint density at radius 3 is 2.49 bits per heavy atom. The molecular formula is C28H26N8O. The number of fused-ring (bicyclic) bond motifs is 3. The third-order valence-corrected chi connectivity index (χ3v) is 6.77. The molecule has 6 rings (SSSR count). The van der Waals surface area contributed by atoms with Gasteiger partial charge in [-0.2, -0.15) is 0 Å². The van der Waals surface area contributed by atoms with Gasteiger partial charge in [0.1, 0.15) is 11.0 Å². The maximum Gasteiger partial charge on any atom is 0.249 e. The largest absolute Gasteiger partial charge is 0.369 e. The molecule has 0 spiro atoms. The molecule has 1 saturated heterocycles. The van der Waals surface area contributed by atoms with Gasteiger partial charge in [-0.1, -0.05) is 18.2 Å². The fourth-order valence-electron chi connectivity index (χ4n) is 4.75. The first kappa shape index (κ1) is 22.8. The van der Waals surface area contributed by atoms with Gasteiger partial charge in [0.2, 0.25) is 11.9 Å². The molecule has 2 aromatic carbocycles. The van der Waals surface area contributed by atoms with Crippen LogP contribution in [0.4, 0.5) is 17.3 Å². The molecule has 0 aliphatic carbocycles. The topological polar surface area (TPSA) is 113 Å². The van der Waals surface area contributed by atoms with Crippen LogP contribution in [0.5, 0.6) is 0 Å². The number of rotatable bonds is 5. The minimum atomic E-state index is -0.505. The summed E-state index contributed by atoms with van der Waals surface area (Å²) >= 11 is 0. The van der Waals surface area contributed by atoms with Gasteiger partial charge in [0.05, 0.1) is 11.9 Å². The summed E-state index contributed by atoms with van der Waals surface area (Å²) in [6.45, 7) is 4.18. The lowest BCUT2D eigenvalue weighted by molar-refractivity contribution is 0.100. The number of carbonyl (C=O) groups is 1. The van der Waals surface area contributed by atoms with Gasteiger partial charge in [-0.15, -0.1) is 0 Å². The summed E-state index contributed by atoms with van der Waals surface area (Å²) in [5.41, 5.74) is 10.7. The van der Waals surface area contributed by atoms with E-state index in [0.717, 1.165) is 42.6 Å². The lowest BCUT2D eigenvalue weighted by Gasteiger charge is -2.34. The van der Waals surface area contributed by atoms with Crippen molar-refractivity contribution in [2.45, 2.75) is 0 Å². The Morgan fingerprint density at radius 1 is 0.919 bits per heavy atom. The molecule has 0 bridgehead atoms. The maximum absolute atomic E-state index is 12.1. The Kier molecular flexibility index (Phi) is 5.82. The number of carbonyl (C=O) groups excluding carboxylic acids is 1. The molecule has 0 atom stereocenters. The van der Waals surface area contributed by atoms with Gasteiger partial charge in [-0.3, -0.25) is 9.78 Å². The van der Waals surface area contributed by atoms with E-state index in [-0.39, 0.29) is 0 Å². The number of nitrogens with two attached hydrogens (primary N) is 1. The van der Waals surface area contributed by atoms with Gasteiger partial charge in [0, 0.05) is 71.8 Å². The second kappa shape index (κ2) is 9.44. The Bertz CT molecular complexity index is 1610. The summed E-state index contributed by atoms with van der Waals surface area (Å²) in [4.78, 5) is 35.3. The normalized spacial score (nSPS) is 14.2. The van der Waals surface area contributed by atoms with Crippen molar-refractivity contribution in [3.05, 3.63) is 78.8 Å². The van der Waals surface area contributed by atoms with Gasteiger partial charge in [-0.05, 0) is 43.4 Å². The number of nitrogens with zero attached hydrogens (tertiary/aromatic N) is 6. The number of pyridine rings is 2. The van der Waals surface area contributed by atoms with Crippen LogP contribution in [-0.4, -0.2) is 64.0 Å². The van der Waals surface area contributed by atoms with E-state index in [9.17, 15) is 4.79 Å². The predicted octanol–water partition coefficient (Wildman–Crippen LogP) is 3.83. The Balaban J connectivity index is 1.35. The average molecular weight is 491 g/mol. The quantitative estimate of drug-likeness (QED) is 0.358. The molecule has 0 unspecified atom stereocenters. The van der Waals surface area contributed by atoms with Crippen molar-refractivity contribution < 1.29 is 4.79 Å². The highest BCUT2D eigenvalue weighted by Gasteiger charge is 2.17. The molecule has 9 nitrogen and oxygen atoms in total. The second-order valence-electron chi connectivity index (χ2n) is 9.18. The predicted molar refractivity (Wildman–Crippen MR) is 146 cm³/mol. The zero-order chi connectivity index (χ0) is 25.4. The van der Waals surface area contributed by atoms with E-state index in [1.54, 1.807) is 30.7 Å². The maximum atomic E-state index is 12.1. The van der Waals surface area contributed by atoms with Crippen molar-refractivity contribution in [1.29, 1.82) is 0 Å². The Hall–Kier alpha value is -4.63. The molecule has 4 heterocycles. The molecule has 0 saturated carbocycles. The van der Waals surface area contributed by atoms with Crippen LogP contribution >= 0.6 is 0 Å². The van der Waals surface area contributed by atoms with E-state index in [2.05, 4.69) is 44.3 Å². The molecule has 9 heteroatoms. The fourth-order valence-corrected chi connectivity index (χ4v) is 4.75. The van der Waals surface area contributed by atoms with Gasteiger partial charge < -0.3 is 20.9 Å². The lowest BCUT2D eigenvalue weighted by atomic mass is 9.99. The first-order chi connectivity index (χ1) is 18.1. The van der Waals surface area contributed by atoms with Crippen LogP contribution in [-0.2, 0) is 0 Å². The lowest BCUT2D eigenvalue weighted by Crippen LogP contribution is -2.44. The monoisotopic (exact) mass is 490 g/mol. The number of aromatic nitrogens is 4. The highest BCUT2D eigenvalue weighted by molar-refractivity contribution is 6.11. The number of likely N-dealkylation sites (N-methyl/N-ethyl adjacent to an activating group) is 1. The van der Waals surface area contributed by atoms with Crippen molar-refractivity contribution in [3.63, 3.8) is 0 Å². The highest BCUT2D eigenvalue weighted by Crippen LogP contribution is 2.33. The summed E-state index contributed by atoms with van der Waals surface area (Å²) in [6.07, 6.45) is 5.15. The first-order valence-corrected chi connectivity index (χ1v) is 12.2. The number of benzene rings is 2. The number of anilines is 3. The molecule has 5 aromatic rings. The molecule has 3 aromatic heterocycles. The molecule has 37 heavy (non-hydrogen) atoms. The van der Waals surface area contributed by atoms with Gasteiger partial charge in [-0.25, -0.2) is 15.0 Å². The van der Waals surface area contributed by atoms with Crippen molar-refractivity contribution in [2.75, 3.05) is 43.4 Å². The zero-order valence-corrected chi connectivity index (χ0v) is 20.4. The summed E-state index contributed by atoms with van der Waals surface area (Å²) in [5.74, 6) is -0.0359. The van der Waals surface area contributed by atoms with Crippen LogP contribution in [0, 0.1) is 0 Å². The van der Waals surface area contributed by atoms with Crippen LogP contribution in [0.25, 0.3) is 33.1 Å². The Morgan fingerprint density at radius 2 is 1.70 bits per heavy atom. The van der Waals surface area contributed by atoms with Crippen LogP contribution in [0.1, 0.15) is 10.4 Å². The summed E-state index contributed by atoms with van der Waals surface area (Å²) < 4.78 is 0. The van der Waals surface area contributed by atoms with Crippen LogP contribution in [0.15, 0.2) is 73.2 Å². The number of nitrogens with one attached hydrogen (secondary N) is 1. The fraction of sp³-hybridized carbons (Fsp3) is 0.179. The smallest absolute Gasteiger partial charge is 0.249 e. The summed E-state index contributed by atoms with van der Waals surface area (Å²) in [6, 6.07) is 17.4. The van der Waals surface area contributed by atoms with E-state index in [1.165, 1.54) is 5.69 Å². The highest BCUT2D eigenvalue weighted by atomic mass is 16.1. The van der Waals surface area contributed by atoms with Gasteiger partial charge in [0.15, 0.2) is 0 Å².